The van der Waals surface area contributed by atoms with Gasteiger partial charge in [0.05, 0.1) is 6.67 Å². The molecule has 1 aromatic heterocycles. The van der Waals surface area contributed by atoms with E-state index in [0.717, 1.165) is 11.1 Å². The van der Waals surface area contributed by atoms with E-state index in [-0.39, 0.29) is 12.6 Å². The van der Waals surface area contributed by atoms with Crippen LogP contribution in [-0.4, -0.2) is 11.8 Å². The smallest absolute Gasteiger partial charge is 0.222 e. The summed E-state index contributed by atoms with van der Waals surface area (Å²) in [5.41, 5.74) is 7.99. The Morgan fingerprint density at radius 3 is 2.53 bits per heavy atom. The number of anilines is 1. The van der Waals surface area contributed by atoms with E-state index in [1.165, 1.54) is 0 Å². The molecule has 2 N–H and O–H groups in total. The fourth-order valence-corrected chi connectivity index (χ4v) is 1.38. The average Bonchev–Trinajstić information content (AvgIpc) is 2.67. The Bertz CT molecular complexity index is 436. The predicted molar refractivity (Wildman–Crippen MR) is 56.0 cm³/mol. The quantitative estimate of drug-likeness (QED) is 0.839. The van der Waals surface area contributed by atoms with E-state index in [0.29, 0.717) is 12.1 Å². The van der Waals surface area contributed by atoms with E-state index in [1.807, 2.05) is 24.3 Å². The third-order valence-corrected chi connectivity index (χ3v) is 2.16. The number of hydrogen-bond acceptors (Lipinski definition) is 3. The Hall–Kier alpha value is -1.84. The zero-order valence-corrected chi connectivity index (χ0v) is 8.11. The summed E-state index contributed by atoms with van der Waals surface area (Å²) in [6, 6.07) is 9.16. The van der Waals surface area contributed by atoms with Gasteiger partial charge < -0.3 is 10.3 Å². The van der Waals surface area contributed by atoms with E-state index < -0.39 is 0 Å². The lowest BCUT2D eigenvalue weighted by Gasteiger charge is -1.98. The first kappa shape index (κ1) is 9.71. The minimum atomic E-state index is -0.337. The molecule has 0 atom stereocenters. The molecule has 0 aliphatic rings. The van der Waals surface area contributed by atoms with Crippen molar-refractivity contribution in [1.29, 1.82) is 0 Å². The van der Waals surface area contributed by atoms with Crippen molar-refractivity contribution in [2.45, 2.75) is 6.42 Å². The van der Waals surface area contributed by atoms with E-state index in [9.17, 15) is 4.39 Å². The fraction of sp³-hybridized carbons (Fsp3) is 0.182. The summed E-state index contributed by atoms with van der Waals surface area (Å²) < 4.78 is 16.8. The topological polar surface area (TPSA) is 52.0 Å². The van der Waals surface area contributed by atoms with Crippen LogP contribution in [0.3, 0.4) is 0 Å². The Labute approximate surface area is 86.7 Å². The van der Waals surface area contributed by atoms with Crippen LogP contribution in [0, 0.1) is 0 Å². The van der Waals surface area contributed by atoms with Crippen molar-refractivity contribution in [2.75, 3.05) is 12.4 Å². The maximum absolute atomic E-state index is 12.1. The van der Waals surface area contributed by atoms with Gasteiger partial charge in [0, 0.05) is 18.1 Å². The fourth-order valence-electron chi connectivity index (χ4n) is 1.38. The molecule has 0 radical (unpaired) electrons. The van der Waals surface area contributed by atoms with Gasteiger partial charge in [-0.25, -0.2) is 0 Å². The van der Waals surface area contributed by atoms with Gasteiger partial charge >= 0.3 is 0 Å². The van der Waals surface area contributed by atoms with Crippen molar-refractivity contribution in [3.05, 3.63) is 35.9 Å². The zero-order valence-electron chi connectivity index (χ0n) is 8.11. The van der Waals surface area contributed by atoms with Crippen LogP contribution in [0.25, 0.3) is 11.3 Å². The van der Waals surface area contributed by atoms with Gasteiger partial charge in [-0.05, 0) is 5.56 Å². The number of benzene rings is 1. The molecule has 15 heavy (non-hydrogen) atoms. The van der Waals surface area contributed by atoms with Gasteiger partial charge in [0.25, 0.3) is 0 Å². The van der Waals surface area contributed by atoms with Crippen LogP contribution < -0.4 is 5.73 Å². The van der Waals surface area contributed by atoms with Gasteiger partial charge in [-0.3, -0.25) is 4.39 Å². The lowest BCUT2D eigenvalue weighted by molar-refractivity contribution is 0.439. The lowest BCUT2D eigenvalue weighted by atomic mass is 10.1. The second kappa shape index (κ2) is 4.13. The first-order valence-electron chi connectivity index (χ1n) is 4.67. The number of nitrogens with two attached hydrogens (primary N) is 1. The van der Waals surface area contributed by atoms with Crippen LogP contribution >= 0.6 is 0 Å². The van der Waals surface area contributed by atoms with Crippen LogP contribution in [0.15, 0.2) is 34.9 Å². The highest BCUT2D eigenvalue weighted by Gasteiger charge is 2.03. The Morgan fingerprint density at radius 1 is 1.27 bits per heavy atom. The number of aromatic nitrogens is 1. The molecule has 78 valence electrons. The van der Waals surface area contributed by atoms with Gasteiger partial charge in [0.15, 0.2) is 0 Å². The first-order chi connectivity index (χ1) is 7.29. The molecule has 0 bridgehead atoms. The summed E-state index contributed by atoms with van der Waals surface area (Å²) in [6.07, 6.45) is 0.446. The molecule has 0 saturated carbocycles. The van der Waals surface area contributed by atoms with E-state index in [2.05, 4.69) is 5.16 Å². The van der Waals surface area contributed by atoms with Gasteiger partial charge in [-0.15, -0.1) is 0 Å². The summed E-state index contributed by atoms with van der Waals surface area (Å²) >= 11 is 0. The maximum atomic E-state index is 12.1. The largest absolute Gasteiger partial charge is 0.368 e. The molecule has 0 unspecified atom stereocenters. The molecule has 2 aromatic rings. The molecule has 0 saturated heterocycles. The van der Waals surface area contributed by atoms with Crippen LogP contribution in [0.1, 0.15) is 5.56 Å². The normalized spacial score (nSPS) is 10.5. The first-order valence-corrected chi connectivity index (χ1v) is 4.67. The second-order valence-electron chi connectivity index (χ2n) is 3.25. The molecule has 0 fully saturated rings. The molecule has 0 amide bonds. The molecule has 1 heterocycles. The summed E-state index contributed by atoms with van der Waals surface area (Å²) in [7, 11) is 0. The molecule has 2 rings (SSSR count). The SMILES string of the molecule is Nc1cc(-c2ccc(CCF)cc2)no1. The lowest BCUT2D eigenvalue weighted by Crippen LogP contribution is -1.86. The maximum Gasteiger partial charge on any atom is 0.222 e. The highest BCUT2D eigenvalue weighted by Crippen LogP contribution is 2.20. The molecule has 0 aliphatic carbocycles. The second-order valence-corrected chi connectivity index (χ2v) is 3.25. The van der Waals surface area contributed by atoms with E-state index in [4.69, 9.17) is 10.3 Å². The number of nitrogen functional groups attached to an aromatic ring is 1. The summed E-state index contributed by atoms with van der Waals surface area (Å²) in [6.45, 7) is -0.337. The number of hydrogen-bond donors (Lipinski definition) is 1. The minimum Gasteiger partial charge on any atom is -0.368 e. The molecule has 1 aromatic carbocycles. The Balaban J connectivity index is 2.23. The molecular formula is C11H11FN2O. The molecular weight excluding hydrogens is 195 g/mol. The zero-order chi connectivity index (χ0) is 10.7. The standard InChI is InChI=1S/C11H11FN2O/c12-6-5-8-1-3-9(4-2-8)10-7-11(13)15-14-10/h1-4,7H,5-6,13H2. The molecule has 0 spiro atoms. The Kier molecular flexibility index (Phi) is 2.67. The number of alkyl halides is 1. The van der Waals surface area contributed by atoms with Crippen LogP contribution in [0.4, 0.5) is 10.3 Å². The highest BCUT2D eigenvalue weighted by atomic mass is 19.1. The number of rotatable bonds is 3. The average molecular weight is 206 g/mol. The summed E-state index contributed by atoms with van der Waals surface area (Å²) in [5.74, 6) is 0.290. The predicted octanol–water partition coefficient (Wildman–Crippen LogP) is 2.44. The number of nitrogens with zero attached hydrogens (tertiary/aromatic N) is 1. The third kappa shape index (κ3) is 2.15. The van der Waals surface area contributed by atoms with Crippen molar-refractivity contribution >= 4 is 5.88 Å². The molecule has 3 nitrogen and oxygen atoms in total. The van der Waals surface area contributed by atoms with Crippen molar-refractivity contribution in [3.8, 4) is 11.3 Å². The van der Waals surface area contributed by atoms with Crippen molar-refractivity contribution in [2.24, 2.45) is 0 Å². The highest BCUT2D eigenvalue weighted by molar-refractivity contribution is 5.61. The summed E-state index contributed by atoms with van der Waals surface area (Å²) in [4.78, 5) is 0. The van der Waals surface area contributed by atoms with Gasteiger partial charge in [0.2, 0.25) is 5.88 Å². The van der Waals surface area contributed by atoms with E-state index >= 15 is 0 Å². The minimum absolute atomic E-state index is 0.290. The molecule has 4 heteroatoms. The number of aryl methyl sites for hydroxylation is 1. The van der Waals surface area contributed by atoms with Crippen molar-refractivity contribution in [3.63, 3.8) is 0 Å². The van der Waals surface area contributed by atoms with Crippen LogP contribution in [-0.2, 0) is 6.42 Å². The van der Waals surface area contributed by atoms with Gasteiger partial charge in [-0.2, -0.15) is 0 Å². The van der Waals surface area contributed by atoms with Gasteiger partial charge in [-0.1, -0.05) is 29.4 Å². The third-order valence-electron chi connectivity index (χ3n) is 2.16. The summed E-state index contributed by atoms with van der Waals surface area (Å²) in [5, 5.41) is 3.79. The van der Waals surface area contributed by atoms with Crippen LogP contribution in [0.2, 0.25) is 0 Å². The van der Waals surface area contributed by atoms with Gasteiger partial charge in [0.1, 0.15) is 5.69 Å². The van der Waals surface area contributed by atoms with Crippen molar-refractivity contribution < 1.29 is 8.91 Å². The number of halogens is 1. The molecule has 0 aliphatic heterocycles. The van der Waals surface area contributed by atoms with E-state index in [1.54, 1.807) is 6.07 Å². The Morgan fingerprint density at radius 2 is 2.00 bits per heavy atom. The van der Waals surface area contributed by atoms with Crippen molar-refractivity contribution in [1.82, 2.24) is 5.16 Å². The van der Waals surface area contributed by atoms with Crippen LogP contribution in [0.5, 0.6) is 0 Å². The monoisotopic (exact) mass is 206 g/mol.